The molecule has 0 aliphatic heterocycles. The summed E-state index contributed by atoms with van der Waals surface area (Å²) < 4.78 is 15.5. The number of likely N-dealkylation sites (N-methyl/N-ethyl adjacent to an activating group) is 1. The summed E-state index contributed by atoms with van der Waals surface area (Å²) in [6, 6.07) is 3.67. The molecule has 2 heterocycles. The number of rotatable bonds is 11. The van der Waals surface area contributed by atoms with E-state index in [4.69, 9.17) is 9.47 Å². The molecule has 0 radical (unpaired) electrons. The van der Waals surface area contributed by atoms with Crippen molar-refractivity contribution in [2.24, 2.45) is 50.7 Å². The van der Waals surface area contributed by atoms with E-state index in [2.05, 4.69) is 63.4 Å². The van der Waals surface area contributed by atoms with Gasteiger partial charge >= 0.3 is 11.9 Å². The molecule has 0 bridgehead atoms. The number of hydrogen-bond acceptors (Lipinski definition) is 8. The molecule has 324 valence electrons. The summed E-state index contributed by atoms with van der Waals surface area (Å²) in [5, 5.41) is 13.0. The molecule has 5 aliphatic carbocycles. The minimum atomic E-state index is -1.18. The smallest absolute Gasteiger partial charge is 0.309 e. The molecule has 11 heteroatoms. The number of aliphatic carboxylic acids is 1. The number of pyridine rings is 1. The fourth-order valence-corrected chi connectivity index (χ4v) is 14.3. The van der Waals surface area contributed by atoms with E-state index in [1.54, 1.807) is 37.9 Å². The number of carboxylic acids is 1. The molecule has 2 aromatic heterocycles. The first-order valence-electron chi connectivity index (χ1n) is 22.2. The maximum Gasteiger partial charge on any atom is 0.309 e. The Kier molecular flexibility index (Phi) is 10.8. The number of carbonyl (C=O) groups excluding carboxylic acids is 2. The van der Waals surface area contributed by atoms with Gasteiger partial charge in [-0.1, -0.05) is 48.5 Å². The highest BCUT2D eigenvalue weighted by atomic mass is 16.5. The second-order valence-corrected chi connectivity index (χ2v) is 21.4. The molecule has 11 nitrogen and oxygen atoms in total. The number of Topliss-reactive ketones (excluding diaryl/α,β-unsaturated/α-hetero) is 1. The molecular weight excluding hydrogens is 745 g/mol. The van der Waals surface area contributed by atoms with Crippen LogP contribution in [-0.2, 0) is 31.1 Å². The molecule has 0 amide bonds. The van der Waals surface area contributed by atoms with Crippen molar-refractivity contribution in [2.75, 3.05) is 20.7 Å². The number of allylic oxidation sites excluding steroid dienone is 2. The van der Waals surface area contributed by atoms with E-state index >= 15 is 0 Å². The van der Waals surface area contributed by atoms with Crippen LogP contribution in [0.25, 0.3) is 5.69 Å². The number of carbonyl (C=O) groups is 3. The summed E-state index contributed by atoms with van der Waals surface area (Å²) in [6.45, 7) is 22.9. The average molecular weight is 815 g/mol. The van der Waals surface area contributed by atoms with E-state index < -0.39 is 22.8 Å². The second kappa shape index (κ2) is 14.7. The van der Waals surface area contributed by atoms with Crippen molar-refractivity contribution in [3.05, 3.63) is 51.1 Å². The van der Waals surface area contributed by atoms with Gasteiger partial charge in [0, 0.05) is 35.4 Å². The van der Waals surface area contributed by atoms with Gasteiger partial charge in [0.25, 0.3) is 5.56 Å². The van der Waals surface area contributed by atoms with Gasteiger partial charge in [0.15, 0.2) is 5.78 Å². The van der Waals surface area contributed by atoms with Crippen molar-refractivity contribution < 1.29 is 29.0 Å². The van der Waals surface area contributed by atoms with Crippen molar-refractivity contribution in [1.82, 2.24) is 19.7 Å². The molecule has 5 aliphatic rings. The number of carboxylic acid groups (broad SMARTS) is 1. The zero-order valence-corrected chi connectivity index (χ0v) is 37.8. The fraction of sp³-hybridized carbons (Fsp3) is 0.729. The summed E-state index contributed by atoms with van der Waals surface area (Å²) in [5.41, 5.74) is 2.50. The molecule has 4 fully saturated rings. The van der Waals surface area contributed by atoms with Crippen LogP contribution in [0.1, 0.15) is 138 Å². The van der Waals surface area contributed by atoms with Crippen LogP contribution in [0.5, 0.6) is 5.88 Å². The van der Waals surface area contributed by atoms with Crippen LogP contribution in [0.15, 0.2) is 34.3 Å². The Labute approximate surface area is 351 Å². The molecule has 0 aromatic carbocycles. The Morgan fingerprint density at radius 3 is 2.31 bits per heavy atom. The van der Waals surface area contributed by atoms with E-state index in [-0.39, 0.29) is 57.4 Å². The van der Waals surface area contributed by atoms with Crippen LogP contribution < -0.4 is 15.6 Å². The van der Waals surface area contributed by atoms with Gasteiger partial charge in [-0.25, -0.2) is 9.67 Å². The Balaban J connectivity index is 1.28. The number of nitrogens with zero attached hydrogens (tertiary/aromatic N) is 3. The summed E-state index contributed by atoms with van der Waals surface area (Å²) in [6.07, 6.45) is 9.29. The number of fused-ring (bicyclic) bond motifs is 7. The maximum absolute atomic E-state index is 14.6. The van der Waals surface area contributed by atoms with Crippen molar-refractivity contribution in [3.8, 4) is 11.6 Å². The lowest BCUT2D eigenvalue weighted by Crippen LogP contribution is -2.66. The van der Waals surface area contributed by atoms with Crippen LogP contribution in [0.2, 0.25) is 0 Å². The molecule has 7 rings (SSSR count). The van der Waals surface area contributed by atoms with Crippen LogP contribution in [-0.4, -0.2) is 64.0 Å². The van der Waals surface area contributed by atoms with Crippen LogP contribution in [0.4, 0.5) is 0 Å². The molecule has 2 N–H and O–H groups in total. The predicted octanol–water partition coefficient (Wildman–Crippen LogP) is 8.22. The molecule has 2 unspecified atom stereocenters. The van der Waals surface area contributed by atoms with Gasteiger partial charge in [0.1, 0.15) is 6.10 Å². The van der Waals surface area contributed by atoms with Gasteiger partial charge < -0.3 is 19.9 Å². The van der Waals surface area contributed by atoms with Crippen LogP contribution in [0.3, 0.4) is 0 Å². The quantitative estimate of drug-likeness (QED) is 0.215. The first-order chi connectivity index (χ1) is 27.6. The Bertz CT molecular complexity index is 2110. The minimum absolute atomic E-state index is 0.000691. The summed E-state index contributed by atoms with van der Waals surface area (Å²) in [7, 11) is 3.51. The van der Waals surface area contributed by atoms with E-state index in [1.165, 1.54) is 5.57 Å². The summed E-state index contributed by atoms with van der Waals surface area (Å²) in [5.74, 6) is 0.328. The minimum Gasteiger partial charge on any atom is -0.481 e. The number of aromatic nitrogens is 3. The van der Waals surface area contributed by atoms with E-state index in [9.17, 15) is 24.3 Å². The van der Waals surface area contributed by atoms with Gasteiger partial charge in [0.05, 0.1) is 43.1 Å². The number of hydrogen-bond donors (Lipinski definition) is 2. The molecule has 8 atom stereocenters. The van der Waals surface area contributed by atoms with Crippen molar-refractivity contribution in [2.45, 2.75) is 152 Å². The summed E-state index contributed by atoms with van der Waals surface area (Å²) >= 11 is 0. The Morgan fingerprint density at radius 1 is 0.983 bits per heavy atom. The first-order valence-corrected chi connectivity index (χ1v) is 22.2. The van der Waals surface area contributed by atoms with Gasteiger partial charge in [-0.3, -0.25) is 23.9 Å². The van der Waals surface area contributed by atoms with Crippen molar-refractivity contribution in [3.63, 3.8) is 0 Å². The lowest BCUT2D eigenvalue weighted by atomic mass is 9.33. The predicted molar refractivity (Wildman–Crippen MR) is 228 cm³/mol. The van der Waals surface area contributed by atoms with Crippen molar-refractivity contribution >= 4 is 17.7 Å². The number of ether oxygens (including phenoxy) is 2. The second-order valence-electron chi connectivity index (χ2n) is 21.4. The Hall–Kier alpha value is -3.73. The largest absolute Gasteiger partial charge is 0.481 e. The topological polar surface area (TPSA) is 142 Å². The molecular formula is C48H70N4O7. The zero-order valence-electron chi connectivity index (χ0n) is 37.8. The fourth-order valence-electron chi connectivity index (χ4n) is 14.3. The third kappa shape index (κ3) is 6.31. The number of esters is 1. The lowest BCUT2D eigenvalue weighted by Gasteiger charge is -2.72. The highest BCUT2D eigenvalue weighted by Gasteiger charge is 2.71. The van der Waals surface area contributed by atoms with E-state index in [1.807, 2.05) is 20.0 Å². The monoisotopic (exact) mass is 815 g/mol. The SMILES string of the molecule is CNCCn1c([C@@]23CC[C@]4(C)C(CC[C@@H]5C6(C)CC[C@H](OC(=O)CC(C)(C)C(=O)O)C(C)(C)[C@@H]6CC[C@]54C)C2=C(C(C)C)C(=O)C3)c(C)c(=O)n1-c1ccc(OC)nc1. The Morgan fingerprint density at radius 2 is 1.69 bits per heavy atom. The molecule has 0 spiro atoms. The number of ketones is 1. The van der Waals surface area contributed by atoms with E-state index in [0.29, 0.717) is 48.5 Å². The average Bonchev–Trinajstić information content (AvgIpc) is 3.61. The molecule has 59 heavy (non-hydrogen) atoms. The first kappa shape index (κ1) is 43.4. The summed E-state index contributed by atoms with van der Waals surface area (Å²) in [4.78, 5) is 58.7. The van der Waals surface area contributed by atoms with Gasteiger partial charge in [-0.2, -0.15) is 0 Å². The molecule has 2 aromatic rings. The van der Waals surface area contributed by atoms with Gasteiger partial charge in [0.2, 0.25) is 5.88 Å². The van der Waals surface area contributed by atoms with Gasteiger partial charge in [-0.15, -0.1) is 0 Å². The van der Waals surface area contributed by atoms with E-state index in [0.717, 1.165) is 62.6 Å². The van der Waals surface area contributed by atoms with Crippen LogP contribution >= 0.6 is 0 Å². The normalized spacial score (nSPS) is 33.9. The third-order valence-corrected chi connectivity index (χ3v) is 17.4. The standard InChI is InChI=1S/C48H70N4O7/c1-28(2)38-32(53)25-48(40-29(3)41(55)52(51(40)24-23-49-11)30-13-16-36(58-12)50-27-30)22-21-46(9)31(39(38)48)14-15-34-45(8)19-18-35(59-37(54)26-43(4,5)42(56)57)44(6,7)33(45)17-20-47(34,46)10/h13,16,27-28,31,33-35,49H,14-15,17-26H2,1-12H3,(H,56,57)/t31?,33-,34+,35-,45?,46+,47+,48+/m0/s1. The van der Waals surface area contributed by atoms with Crippen molar-refractivity contribution in [1.29, 1.82) is 0 Å². The zero-order chi connectivity index (χ0) is 43.2. The number of nitrogens with one attached hydrogen (secondary N) is 1. The van der Waals surface area contributed by atoms with Crippen LogP contribution in [0, 0.1) is 57.7 Å². The maximum atomic E-state index is 14.6. The van der Waals surface area contributed by atoms with Gasteiger partial charge in [-0.05, 0) is 136 Å². The molecule has 4 saturated carbocycles. The highest BCUT2D eigenvalue weighted by Crippen LogP contribution is 2.77. The highest BCUT2D eigenvalue weighted by molar-refractivity contribution is 6.02. The number of methoxy groups -OCH3 is 1. The molecule has 0 saturated heterocycles. The third-order valence-electron chi connectivity index (χ3n) is 17.4. The lowest BCUT2D eigenvalue weighted by molar-refractivity contribution is -0.232.